The number of anilines is 4. The molecule has 0 saturated carbocycles. The van der Waals surface area contributed by atoms with Gasteiger partial charge < -0.3 is 30.1 Å². The number of nitrogens with zero attached hydrogens (tertiary/aromatic N) is 5. The van der Waals surface area contributed by atoms with Crippen LogP contribution in [0.25, 0.3) is 5.65 Å². The molecule has 5 heterocycles. The zero-order valence-corrected chi connectivity index (χ0v) is 19.5. The molecule has 0 aliphatic carbocycles. The number of hydrogen-bond donors (Lipinski definition) is 3. The van der Waals surface area contributed by atoms with Crippen LogP contribution in [0, 0.1) is 11.3 Å². The van der Waals surface area contributed by atoms with Gasteiger partial charge in [-0.2, -0.15) is 14.9 Å². The molecule has 6 bridgehead atoms. The fourth-order valence-electron chi connectivity index (χ4n) is 4.98. The summed E-state index contributed by atoms with van der Waals surface area (Å²) in [4.78, 5) is 18.8. The number of aryl methyl sites for hydroxylation is 1. The van der Waals surface area contributed by atoms with E-state index in [1.165, 1.54) is 6.20 Å². The Morgan fingerprint density at radius 2 is 2.08 bits per heavy atom. The zero-order valence-electron chi connectivity index (χ0n) is 19.5. The summed E-state index contributed by atoms with van der Waals surface area (Å²) in [6.07, 6.45) is 6.87. The Kier molecular flexibility index (Phi) is 5.67. The van der Waals surface area contributed by atoms with Gasteiger partial charge in [0.25, 0.3) is 0 Å². The van der Waals surface area contributed by atoms with Crippen molar-refractivity contribution >= 4 is 34.6 Å². The highest BCUT2D eigenvalue weighted by molar-refractivity contribution is 5.96. The van der Waals surface area contributed by atoms with Gasteiger partial charge in [-0.15, -0.1) is 0 Å². The third-order valence-corrected chi connectivity index (χ3v) is 6.73. The second-order valence-corrected chi connectivity index (χ2v) is 9.05. The van der Waals surface area contributed by atoms with E-state index in [0.29, 0.717) is 73.3 Å². The highest BCUT2D eigenvalue weighted by Crippen LogP contribution is 2.38. The van der Waals surface area contributed by atoms with Crippen LogP contribution in [0.5, 0.6) is 5.75 Å². The molecule has 11 nitrogen and oxygen atoms in total. The van der Waals surface area contributed by atoms with E-state index in [9.17, 15) is 15.2 Å². The molecule has 36 heavy (non-hydrogen) atoms. The molecule has 11 heteroatoms. The Morgan fingerprint density at radius 3 is 2.94 bits per heavy atom. The summed E-state index contributed by atoms with van der Waals surface area (Å²) in [6, 6.07) is 7.68. The van der Waals surface area contributed by atoms with E-state index in [1.54, 1.807) is 4.52 Å². The van der Waals surface area contributed by atoms with E-state index < -0.39 is 0 Å². The molecule has 3 aliphatic rings. The lowest BCUT2D eigenvalue weighted by atomic mass is 10.0. The summed E-state index contributed by atoms with van der Waals surface area (Å²) in [6.45, 7) is 1.26. The predicted octanol–water partition coefficient (Wildman–Crippen LogP) is 2.13. The Hall–Kier alpha value is -4.14. The average molecular weight is 488 g/mol. The highest BCUT2D eigenvalue weighted by atomic mass is 16.5. The SMILES string of the molecule is N#Cc1cnn2c3cc(nc12)N1CC(C[C@H]1CO)OC/C=C/COc1cc(cc2c1NC(=O)CC2)N3. The van der Waals surface area contributed by atoms with Crippen LogP contribution in [0.15, 0.2) is 36.5 Å². The molecule has 1 fully saturated rings. The first-order chi connectivity index (χ1) is 17.6. The zero-order chi connectivity index (χ0) is 24.6. The van der Waals surface area contributed by atoms with Gasteiger partial charge in [-0.3, -0.25) is 4.79 Å². The number of aliphatic hydroxyl groups excluding tert-OH is 1. The molecule has 2 aromatic heterocycles. The number of fused-ring (bicyclic) bond motifs is 11. The van der Waals surface area contributed by atoms with Crippen molar-refractivity contribution in [2.45, 2.75) is 31.4 Å². The minimum absolute atomic E-state index is 0.0383. The highest BCUT2D eigenvalue weighted by Gasteiger charge is 2.34. The van der Waals surface area contributed by atoms with Gasteiger partial charge in [-0.25, -0.2) is 4.98 Å². The molecule has 1 aromatic carbocycles. The van der Waals surface area contributed by atoms with Crippen molar-refractivity contribution in [3.05, 3.63) is 47.7 Å². The molecule has 1 saturated heterocycles. The molecule has 3 N–H and O–H groups in total. The first kappa shape index (κ1) is 22.3. The lowest BCUT2D eigenvalue weighted by Gasteiger charge is -2.25. The van der Waals surface area contributed by atoms with Crippen LogP contribution in [0.2, 0.25) is 0 Å². The first-order valence-corrected chi connectivity index (χ1v) is 11.9. The second-order valence-electron chi connectivity index (χ2n) is 9.05. The number of carbonyl (C=O) groups excluding carboxylic acids is 1. The molecule has 3 aromatic rings. The van der Waals surface area contributed by atoms with Gasteiger partial charge in [0.1, 0.15) is 35.6 Å². The monoisotopic (exact) mass is 487 g/mol. The van der Waals surface area contributed by atoms with Crippen LogP contribution in [0.4, 0.5) is 23.0 Å². The number of carbonyl (C=O) groups is 1. The summed E-state index contributed by atoms with van der Waals surface area (Å²) in [5.74, 6) is 1.75. The maximum atomic E-state index is 12.1. The maximum absolute atomic E-state index is 12.1. The summed E-state index contributed by atoms with van der Waals surface area (Å²) < 4.78 is 13.7. The molecular weight excluding hydrogens is 462 g/mol. The Morgan fingerprint density at radius 1 is 1.19 bits per heavy atom. The fourth-order valence-corrected chi connectivity index (χ4v) is 4.98. The molecule has 2 atom stereocenters. The van der Waals surface area contributed by atoms with Crippen molar-refractivity contribution < 1.29 is 19.4 Å². The standard InChI is InChI=1S/C25H25N7O4/c26-11-16-12-27-32-22-10-21(29-25(16)32)31-13-19(9-18(31)14-33)35-5-1-2-6-36-20-8-17(28-22)7-15-3-4-23(34)30-24(15)20/h1-2,7-8,10,12,18-19,28,33H,3-6,9,13-14H2,(H,30,34)/b2-1+/t18-,19?/m0/s1. The number of nitriles is 1. The summed E-state index contributed by atoms with van der Waals surface area (Å²) in [7, 11) is 0. The maximum Gasteiger partial charge on any atom is 0.224 e. The molecule has 6 rings (SSSR count). The van der Waals surface area contributed by atoms with Gasteiger partial charge >= 0.3 is 0 Å². The third-order valence-electron chi connectivity index (χ3n) is 6.73. The third kappa shape index (κ3) is 4.00. The number of ether oxygens (including phenoxy) is 2. The van der Waals surface area contributed by atoms with Gasteiger partial charge in [0, 0.05) is 30.8 Å². The molecule has 1 amide bonds. The van der Waals surface area contributed by atoms with Crippen LogP contribution >= 0.6 is 0 Å². The Labute approximate surface area is 206 Å². The van der Waals surface area contributed by atoms with Gasteiger partial charge in [0.05, 0.1) is 37.2 Å². The van der Waals surface area contributed by atoms with Gasteiger partial charge in [-0.05, 0) is 30.5 Å². The van der Waals surface area contributed by atoms with Crippen molar-refractivity contribution in [3.8, 4) is 11.8 Å². The van der Waals surface area contributed by atoms with E-state index in [1.807, 2.05) is 35.3 Å². The predicted molar refractivity (Wildman–Crippen MR) is 132 cm³/mol. The van der Waals surface area contributed by atoms with Crippen LogP contribution < -0.4 is 20.3 Å². The minimum atomic E-state index is -0.159. The van der Waals surface area contributed by atoms with Crippen molar-refractivity contribution in [2.24, 2.45) is 0 Å². The summed E-state index contributed by atoms with van der Waals surface area (Å²) in [5.41, 5.74) is 3.18. The van der Waals surface area contributed by atoms with Gasteiger partial charge in [0.2, 0.25) is 5.91 Å². The molecule has 0 spiro atoms. The van der Waals surface area contributed by atoms with Crippen LogP contribution in [0.1, 0.15) is 24.0 Å². The lowest BCUT2D eigenvalue weighted by molar-refractivity contribution is -0.116. The van der Waals surface area contributed by atoms with Crippen LogP contribution in [0.3, 0.4) is 0 Å². The van der Waals surface area contributed by atoms with Crippen LogP contribution in [-0.4, -0.2) is 64.1 Å². The largest absolute Gasteiger partial charge is 0.487 e. The number of nitrogens with one attached hydrogen (secondary N) is 2. The number of benzene rings is 1. The van der Waals surface area contributed by atoms with Crippen molar-refractivity contribution in [3.63, 3.8) is 0 Å². The molecule has 0 radical (unpaired) electrons. The van der Waals surface area contributed by atoms with Gasteiger partial charge in [-0.1, -0.05) is 6.08 Å². The van der Waals surface area contributed by atoms with E-state index >= 15 is 0 Å². The number of aromatic nitrogens is 3. The smallest absolute Gasteiger partial charge is 0.224 e. The van der Waals surface area contributed by atoms with E-state index in [0.717, 1.165) is 11.3 Å². The van der Waals surface area contributed by atoms with Gasteiger partial charge in [0.15, 0.2) is 5.65 Å². The summed E-state index contributed by atoms with van der Waals surface area (Å²) >= 11 is 0. The topological polar surface area (TPSA) is 137 Å². The second kappa shape index (κ2) is 9.14. The Bertz CT molecular complexity index is 1410. The molecule has 1 unspecified atom stereocenters. The van der Waals surface area contributed by atoms with Crippen LogP contribution in [-0.2, 0) is 16.0 Å². The quantitative estimate of drug-likeness (QED) is 0.441. The summed E-state index contributed by atoms with van der Waals surface area (Å²) in [5, 5.41) is 30.4. The van der Waals surface area contributed by atoms with Crippen molar-refractivity contribution in [2.75, 3.05) is 41.9 Å². The fraction of sp³-hybridized carbons (Fsp3) is 0.360. The average Bonchev–Trinajstić information content (AvgIpc) is 3.49. The van der Waals surface area contributed by atoms with Crippen molar-refractivity contribution in [1.29, 1.82) is 5.26 Å². The number of amides is 1. The number of hydrogen-bond acceptors (Lipinski definition) is 9. The van der Waals surface area contributed by atoms with Crippen molar-refractivity contribution in [1.82, 2.24) is 14.6 Å². The molecule has 184 valence electrons. The molecule has 3 aliphatic heterocycles. The lowest BCUT2D eigenvalue weighted by Crippen LogP contribution is -2.33. The van der Waals surface area contributed by atoms with E-state index in [4.69, 9.17) is 14.5 Å². The van der Waals surface area contributed by atoms with E-state index in [-0.39, 0.29) is 24.7 Å². The first-order valence-electron chi connectivity index (χ1n) is 11.9. The van der Waals surface area contributed by atoms with E-state index in [2.05, 4.69) is 21.8 Å². The molecular formula is C25H25N7O4. The minimum Gasteiger partial charge on any atom is -0.487 e. The number of rotatable bonds is 1. The normalized spacial score (nSPS) is 22.2. The Balaban J connectivity index is 1.49. The number of aliphatic hydroxyl groups is 1.